The van der Waals surface area contributed by atoms with Gasteiger partial charge in [0.1, 0.15) is 11.4 Å². The molecular weight excluding hydrogens is 429 g/mol. The first-order chi connectivity index (χ1) is 16.1. The van der Waals surface area contributed by atoms with Crippen LogP contribution in [-0.2, 0) is 0 Å². The van der Waals surface area contributed by atoms with Crippen LogP contribution in [0.3, 0.4) is 0 Å². The summed E-state index contributed by atoms with van der Waals surface area (Å²) in [5.41, 5.74) is 3.55. The molecule has 0 aliphatic carbocycles. The van der Waals surface area contributed by atoms with E-state index >= 15 is 0 Å². The van der Waals surface area contributed by atoms with Crippen LogP contribution in [0.1, 0.15) is 22.5 Å². The number of amides is 1. The van der Waals surface area contributed by atoms with Crippen molar-refractivity contribution in [2.45, 2.75) is 6.42 Å². The minimum absolute atomic E-state index is 0.0447. The number of halogens is 1. The van der Waals surface area contributed by atoms with E-state index in [1.807, 2.05) is 0 Å². The molecule has 1 aliphatic heterocycles. The lowest BCUT2D eigenvalue weighted by Crippen LogP contribution is -2.42. The zero-order valence-electron chi connectivity index (χ0n) is 17.9. The van der Waals surface area contributed by atoms with Crippen molar-refractivity contribution in [3.63, 3.8) is 0 Å². The molecule has 1 fully saturated rings. The number of pyridine rings is 2. The standard InChI is InChI=1S/C22H22FN7O3/c1-32-17-6-16(21(23)27-11-17)10-28-30-22(31)19-13-25-12-18(29-19)15-2-3-20(26-9-15)33-5-4-14-7-24-8-14/h2-3,6,9-14,24H,4-5,7-8H2,1H3,(H,30,31)/b28-10+. The average molecular weight is 451 g/mol. The Bertz CT molecular complexity index is 1140. The van der Waals surface area contributed by atoms with Crippen molar-refractivity contribution in [2.75, 3.05) is 26.8 Å². The number of nitrogens with one attached hydrogen (secondary N) is 2. The van der Waals surface area contributed by atoms with Crippen molar-refractivity contribution in [3.8, 4) is 22.9 Å². The third-order valence-corrected chi connectivity index (χ3v) is 4.99. The third-order valence-electron chi connectivity index (χ3n) is 4.99. The van der Waals surface area contributed by atoms with Gasteiger partial charge in [-0.3, -0.25) is 9.78 Å². The zero-order chi connectivity index (χ0) is 23.0. The number of ether oxygens (including phenoxy) is 2. The maximum atomic E-state index is 13.7. The lowest BCUT2D eigenvalue weighted by Gasteiger charge is -2.26. The largest absolute Gasteiger partial charge is 0.495 e. The zero-order valence-corrected chi connectivity index (χ0v) is 17.9. The van der Waals surface area contributed by atoms with E-state index in [4.69, 9.17) is 9.47 Å². The maximum absolute atomic E-state index is 13.7. The Morgan fingerprint density at radius 1 is 1.27 bits per heavy atom. The molecule has 1 amide bonds. The number of aromatic nitrogens is 4. The highest BCUT2D eigenvalue weighted by molar-refractivity contribution is 5.93. The summed E-state index contributed by atoms with van der Waals surface area (Å²) >= 11 is 0. The van der Waals surface area contributed by atoms with Gasteiger partial charge in [-0.15, -0.1) is 0 Å². The molecule has 1 saturated heterocycles. The number of hydrazone groups is 1. The van der Waals surface area contributed by atoms with Gasteiger partial charge in [0.15, 0.2) is 0 Å². The molecule has 0 atom stereocenters. The van der Waals surface area contributed by atoms with Gasteiger partial charge in [-0.25, -0.2) is 20.4 Å². The minimum atomic E-state index is -0.740. The van der Waals surface area contributed by atoms with Crippen LogP contribution in [0.2, 0.25) is 0 Å². The van der Waals surface area contributed by atoms with E-state index in [-0.39, 0.29) is 11.3 Å². The Morgan fingerprint density at radius 2 is 2.15 bits per heavy atom. The van der Waals surface area contributed by atoms with Crippen LogP contribution in [0.5, 0.6) is 11.6 Å². The molecule has 0 saturated carbocycles. The van der Waals surface area contributed by atoms with Gasteiger partial charge in [-0.1, -0.05) is 0 Å². The molecule has 170 valence electrons. The summed E-state index contributed by atoms with van der Waals surface area (Å²) in [6.45, 7) is 2.70. The predicted octanol–water partition coefficient (Wildman–Crippen LogP) is 1.83. The van der Waals surface area contributed by atoms with Crippen molar-refractivity contribution in [3.05, 3.63) is 60.2 Å². The normalized spacial score (nSPS) is 13.5. The summed E-state index contributed by atoms with van der Waals surface area (Å²) in [7, 11) is 1.44. The number of carbonyl (C=O) groups excluding carboxylic acids is 1. The highest BCUT2D eigenvalue weighted by Crippen LogP contribution is 2.19. The number of nitrogens with zero attached hydrogens (tertiary/aromatic N) is 5. The van der Waals surface area contributed by atoms with Crippen LogP contribution >= 0.6 is 0 Å². The summed E-state index contributed by atoms with van der Waals surface area (Å²) in [6.07, 6.45) is 7.81. The highest BCUT2D eigenvalue weighted by atomic mass is 19.1. The van der Waals surface area contributed by atoms with Crippen molar-refractivity contribution < 1.29 is 18.7 Å². The molecule has 0 aromatic carbocycles. The molecule has 1 aliphatic rings. The second kappa shape index (κ2) is 10.6. The Kier molecular flexibility index (Phi) is 7.10. The second-order valence-corrected chi connectivity index (χ2v) is 7.29. The molecular formula is C22H22FN7O3. The topological polar surface area (TPSA) is 124 Å². The quantitative estimate of drug-likeness (QED) is 0.287. The third kappa shape index (κ3) is 5.83. The first-order valence-corrected chi connectivity index (χ1v) is 10.3. The van der Waals surface area contributed by atoms with Crippen LogP contribution in [0.15, 0.2) is 48.1 Å². The van der Waals surface area contributed by atoms with Gasteiger partial charge in [-0.05, 0) is 37.6 Å². The molecule has 0 unspecified atom stereocenters. The van der Waals surface area contributed by atoms with Crippen LogP contribution in [-0.4, -0.2) is 58.9 Å². The van der Waals surface area contributed by atoms with Gasteiger partial charge in [0.2, 0.25) is 11.8 Å². The van der Waals surface area contributed by atoms with Crippen molar-refractivity contribution >= 4 is 12.1 Å². The van der Waals surface area contributed by atoms with Gasteiger partial charge < -0.3 is 14.8 Å². The molecule has 0 spiro atoms. The van der Waals surface area contributed by atoms with Crippen LogP contribution in [0.4, 0.5) is 4.39 Å². The summed E-state index contributed by atoms with van der Waals surface area (Å²) in [5.74, 6) is 0.222. The fourth-order valence-corrected chi connectivity index (χ4v) is 2.98. The lowest BCUT2D eigenvalue weighted by atomic mass is 10.0. The molecule has 4 heterocycles. The van der Waals surface area contributed by atoms with Crippen molar-refractivity contribution in [1.82, 2.24) is 30.7 Å². The molecule has 4 rings (SSSR count). The minimum Gasteiger partial charge on any atom is -0.495 e. The van der Waals surface area contributed by atoms with E-state index in [2.05, 4.69) is 35.8 Å². The number of rotatable bonds is 9. The average Bonchev–Trinajstić information content (AvgIpc) is 2.82. The van der Waals surface area contributed by atoms with E-state index < -0.39 is 11.9 Å². The maximum Gasteiger partial charge on any atom is 0.291 e. The van der Waals surface area contributed by atoms with Gasteiger partial charge in [0.25, 0.3) is 5.91 Å². The molecule has 3 aromatic heterocycles. The lowest BCUT2D eigenvalue weighted by molar-refractivity contribution is 0.0950. The molecule has 3 aromatic rings. The molecule has 0 radical (unpaired) electrons. The van der Waals surface area contributed by atoms with Crippen molar-refractivity contribution in [1.29, 1.82) is 0 Å². The van der Waals surface area contributed by atoms with E-state index in [0.717, 1.165) is 25.7 Å². The van der Waals surface area contributed by atoms with Crippen LogP contribution < -0.4 is 20.2 Å². The van der Waals surface area contributed by atoms with Crippen LogP contribution in [0, 0.1) is 11.9 Å². The van der Waals surface area contributed by atoms with E-state index in [0.29, 0.717) is 35.4 Å². The fourth-order valence-electron chi connectivity index (χ4n) is 2.98. The van der Waals surface area contributed by atoms with E-state index in [9.17, 15) is 9.18 Å². The summed E-state index contributed by atoms with van der Waals surface area (Å²) < 4.78 is 24.4. The Morgan fingerprint density at radius 3 is 2.88 bits per heavy atom. The summed E-state index contributed by atoms with van der Waals surface area (Å²) in [5, 5.41) is 6.99. The molecule has 0 bridgehead atoms. The number of carbonyl (C=O) groups is 1. The first kappa shape index (κ1) is 22.2. The number of hydrogen-bond acceptors (Lipinski definition) is 9. The summed E-state index contributed by atoms with van der Waals surface area (Å²) in [6, 6.07) is 4.96. The molecule has 2 N–H and O–H groups in total. The number of methoxy groups -OCH3 is 1. The fraction of sp³-hybridized carbons (Fsp3) is 0.273. The SMILES string of the molecule is COc1cnc(F)c(/C=N/NC(=O)c2cncc(-c3ccc(OCCC4CNC4)nc3)n2)c1. The Hall–Kier alpha value is -3.99. The molecule has 11 heteroatoms. The van der Waals surface area contributed by atoms with Crippen molar-refractivity contribution in [2.24, 2.45) is 11.0 Å². The van der Waals surface area contributed by atoms with Gasteiger partial charge in [0, 0.05) is 17.8 Å². The Balaban J connectivity index is 1.36. The molecule has 10 nitrogen and oxygen atoms in total. The summed E-state index contributed by atoms with van der Waals surface area (Å²) in [4.78, 5) is 28.6. The van der Waals surface area contributed by atoms with Crippen LogP contribution in [0.25, 0.3) is 11.3 Å². The number of hydrogen-bond donors (Lipinski definition) is 2. The van der Waals surface area contributed by atoms with E-state index in [1.54, 1.807) is 18.3 Å². The van der Waals surface area contributed by atoms with Gasteiger partial charge >= 0.3 is 0 Å². The Labute approximate surface area is 189 Å². The monoisotopic (exact) mass is 451 g/mol. The smallest absolute Gasteiger partial charge is 0.291 e. The second-order valence-electron chi connectivity index (χ2n) is 7.29. The van der Waals surface area contributed by atoms with Gasteiger partial charge in [-0.2, -0.15) is 9.49 Å². The molecule has 33 heavy (non-hydrogen) atoms. The van der Waals surface area contributed by atoms with Gasteiger partial charge in [0.05, 0.1) is 49.8 Å². The first-order valence-electron chi connectivity index (χ1n) is 10.3. The highest BCUT2D eigenvalue weighted by Gasteiger charge is 2.16. The van der Waals surface area contributed by atoms with E-state index in [1.165, 1.54) is 31.8 Å². The predicted molar refractivity (Wildman–Crippen MR) is 118 cm³/mol.